The van der Waals surface area contributed by atoms with Crippen LogP contribution in [0.5, 0.6) is 0 Å². The molecule has 5 nitrogen and oxygen atoms in total. The van der Waals surface area contributed by atoms with Gasteiger partial charge >= 0.3 is 0 Å². The minimum atomic E-state index is -0.213. The lowest BCUT2D eigenvalue weighted by atomic mass is 10.0. The molecule has 1 heterocycles. The summed E-state index contributed by atoms with van der Waals surface area (Å²) >= 11 is 0. The lowest BCUT2D eigenvalue weighted by Crippen LogP contribution is -2.51. The van der Waals surface area contributed by atoms with Crippen molar-refractivity contribution >= 4 is 11.8 Å². The highest BCUT2D eigenvalue weighted by Gasteiger charge is 2.28. The van der Waals surface area contributed by atoms with Crippen molar-refractivity contribution in [2.45, 2.75) is 58.5 Å². The van der Waals surface area contributed by atoms with Crippen LogP contribution in [0.3, 0.4) is 0 Å². The van der Waals surface area contributed by atoms with Crippen LogP contribution >= 0.6 is 0 Å². The van der Waals surface area contributed by atoms with Gasteiger partial charge < -0.3 is 15.5 Å². The third-order valence-electron chi connectivity index (χ3n) is 3.10. The largest absolute Gasteiger partial charge is 0.351 e. The van der Waals surface area contributed by atoms with Gasteiger partial charge in [0.05, 0.1) is 6.04 Å². The summed E-state index contributed by atoms with van der Waals surface area (Å²) in [7, 11) is 0. The smallest absolute Gasteiger partial charge is 0.239 e. The number of amides is 2. The van der Waals surface area contributed by atoms with Crippen LogP contribution < -0.4 is 10.6 Å². The summed E-state index contributed by atoms with van der Waals surface area (Å²) in [5, 5.41) is 6.12. The fraction of sp³-hybridized carbons (Fsp3) is 0.857. The van der Waals surface area contributed by atoms with Crippen LogP contribution in [0.25, 0.3) is 0 Å². The lowest BCUT2D eigenvalue weighted by molar-refractivity contribution is -0.136. The van der Waals surface area contributed by atoms with Crippen LogP contribution in [0.4, 0.5) is 0 Å². The standard InChI is InChI=1S/C14H27N3O2/c1-5-15-11-7-6-9-17(13(11)19)10-8-12(18)16-14(2,3)4/h11,15H,5-10H2,1-4H3,(H,16,18). The predicted octanol–water partition coefficient (Wildman–Crippen LogP) is 0.892. The van der Waals surface area contributed by atoms with Crippen molar-refractivity contribution < 1.29 is 9.59 Å². The predicted molar refractivity (Wildman–Crippen MR) is 75.8 cm³/mol. The highest BCUT2D eigenvalue weighted by Crippen LogP contribution is 2.12. The molecule has 0 radical (unpaired) electrons. The number of hydrogen-bond acceptors (Lipinski definition) is 3. The van der Waals surface area contributed by atoms with Crippen LogP contribution in [0.1, 0.15) is 47.0 Å². The van der Waals surface area contributed by atoms with E-state index in [1.165, 1.54) is 0 Å². The Labute approximate surface area is 116 Å². The van der Waals surface area contributed by atoms with Crippen molar-refractivity contribution in [1.82, 2.24) is 15.5 Å². The van der Waals surface area contributed by atoms with Crippen molar-refractivity contribution in [2.24, 2.45) is 0 Å². The summed E-state index contributed by atoms with van der Waals surface area (Å²) in [6, 6.07) is -0.0653. The zero-order valence-corrected chi connectivity index (χ0v) is 12.6. The summed E-state index contributed by atoms with van der Waals surface area (Å²) in [6.45, 7) is 9.96. The SMILES string of the molecule is CCNC1CCCN(CCC(=O)NC(C)(C)C)C1=O. The maximum atomic E-state index is 12.1. The number of carbonyl (C=O) groups is 2. The zero-order chi connectivity index (χ0) is 14.5. The number of hydrogen-bond donors (Lipinski definition) is 2. The zero-order valence-electron chi connectivity index (χ0n) is 12.6. The second-order valence-electron chi connectivity index (χ2n) is 6.13. The summed E-state index contributed by atoms with van der Waals surface area (Å²) < 4.78 is 0. The Bertz CT molecular complexity index is 321. The third kappa shape index (κ3) is 5.59. The molecule has 0 aromatic carbocycles. The van der Waals surface area contributed by atoms with Gasteiger partial charge in [-0.3, -0.25) is 9.59 Å². The van der Waals surface area contributed by atoms with Gasteiger partial charge in [-0.05, 0) is 40.2 Å². The van der Waals surface area contributed by atoms with E-state index in [-0.39, 0.29) is 23.4 Å². The topological polar surface area (TPSA) is 61.4 Å². The van der Waals surface area contributed by atoms with E-state index in [1.54, 1.807) is 4.90 Å². The van der Waals surface area contributed by atoms with Crippen molar-refractivity contribution in [2.75, 3.05) is 19.6 Å². The van der Waals surface area contributed by atoms with Crippen molar-refractivity contribution in [1.29, 1.82) is 0 Å². The number of piperidine rings is 1. The van der Waals surface area contributed by atoms with Crippen LogP contribution in [-0.4, -0.2) is 47.9 Å². The molecule has 0 aromatic rings. The van der Waals surface area contributed by atoms with E-state index >= 15 is 0 Å². The average molecular weight is 269 g/mol. The second-order valence-corrected chi connectivity index (χ2v) is 6.13. The van der Waals surface area contributed by atoms with Crippen molar-refractivity contribution in [3.8, 4) is 0 Å². The average Bonchev–Trinajstić information content (AvgIpc) is 2.28. The van der Waals surface area contributed by atoms with Crippen LogP contribution in [-0.2, 0) is 9.59 Å². The van der Waals surface area contributed by atoms with Gasteiger partial charge in [0.2, 0.25) is 11.8 Å². The molecular weight excluding hydrogens is 242 g/mol. The van der Waals surface area contributed by atoms with Crippen LogP contribution in [0.15, 0.2) is 0 Å². The molecule has 2 amide bonds. The van der Waals surface area contributed by atoms with E-state index in [1.807, 2.05) is 27.7 Å². The van der Waals surface area contributed by atoms with Gasteiger partial charge in [0, 0.05) is 25.0 Å². The van der Waals surface area contributed by atoms with Gasteiger partial charge in [-0.1, -0.05) is 6.92 Å². The third-order valence-corrected chi connectivity index (χ3v) is 3.10. The molecule has 2 N–H and O–H groups in total. The first-order valence-electron chi connectivity index (χ1n) is 7.16. The number of likely N-dealkylation sites (N-methyl/N-ethyl adjacent to an activating group) is 1. The molecule has 1 atom stereocenters. The molecule has 5 heteroatoms. The van der Waals surface area contributed by atoms with Gasteiger partial charge in [-0.2, -0.15) is 0 Å². The maximum absolute atomic E-state index is 12.1. The van der Waals surface area contributed by atoms with Gasteiger partial charge in [0.15, 0.2) is 0 Å². The Morgan fingerprint density at radius 2 is 2.11 bits per heavy atom. The molecule has 1 rings (SSSR count). The van der Waals surface area contributed by atoms with Gasteiger partial charge in [-0.15, -0.1) is 0 Å². The Morgan fingerprint density at radius 3 is 2.68 bits per heavy atom. The Morgan fingerprint density at radius 1 is 1.42 bits per heavy atom. The molecule has 1 aliphatic heterocycles. The highest BCUT2D eigenvalue weighted by molar-refractivity contribution is 5.83. The first kappa shape index (κ1) is 16.0. The Kier molecular flexibility index (Phi) is 5.79. The van der Waals surface area contributed by atoms with Crippen molar-refractivity contribution in [3.05, 3.63) is 0 Å². The van der Waals surface area contributed by atoms with Gasteiger partial charge in [0.25, 0.3) is 0 Å². The normalized spacial score (nSPS) is 20.5. The fourth-order valence-electron chi connectivity index (χ4n) is 2.32. The fourth-order valence-corrected chi connectivity index (χ4v) is 2.32. The quantitative estimate of drug-likeness (QED) is 0.779. The molecule has 1 fully saturated rings. The molecule has 0 aliphatic carbocycles. The molecule has 0 bridgehead atoms. The molecule has 1 saturated heterocycles. The van der Waals surface area contributed by atoms with E-state index in [0.717, 1.165) is 25.9 Å². The minimum Gasteiger partial charge on any atom is -0.351 e. The minimum absolute atomic E-state index is 0.00544. The number of nitrogens with one attached hydrogen (secondary N) is 2. The van der Waals surface area contributed by atoms with Crippen molar-refractivity contribution in [3.63, 3.8) is 0 Å². The second kappa shape index (κ2) is 6.89. The number of rotatable bonds is 5. The summed E-state index contributed by atoms with van der Waals surface area (Å²) in [5.74, 6) is 0.141. The molecule has 0 aromatic heterocycles. The first-order chi connectivity index (χ1) is 8.83. The van der Waals surface area contributed by atoms with Gasteiger partial charge in [0.1, 0.15) is 0 Å². The van der Waals surface area contributed by atoms with Crippen LogP contribution in [0, 0.1) is 0 Å². The molecule has 1 aliphatic rings. The molecule has 0 spiro atoms. The van der Waals surface area contributed by atoms with E-state index in [4.69, 9.17) is 0 Å². The van der Waals surface area contributed by atoms with E-state index in [0.29, 0.717) is 13.0 Å². The number of likely N-dealkylation sites (tertiary alicyclic amines) is 1. The van der Waals surface area contributed by atoms with E-state index in [9.17, 15) is 9.59 Å². The molecule has 0 saturated carbocycles. The molecule has 1 unspecified atom stereocenters. The molecule has 110 valence electrons. The van der Waals surface area contributed by atoms with E-state index in [2.05, 4.69) is 10.6 Å². The Hall–Kier alpha value is -1.10. The van der Waals surface area contributed by atoms with Crippen LogP contribution in [0.2, 0.25) is 0 Å². The number of nitrogens with zero attached hydrogens (tertiary/aromatic N) is 1. The highest BCUT2D eigenvalue weighted by atomic mass is 16.2. The summed E-state index contributed by atoms with van der Waals surface area (Å²) in [6.07, 6.45) is 2.28. The first-order valence-corrected chi connectivity index (χ1v) is 7.16. The molecule has 19 heavy (non-hydrogen) atoms. The van der Waals surface area contributed by atoms with E-state index < -0.39 is 0 Å². The molecular formula is C14H27N3O2. The number of carbonyl (C=O) groups excluding carboxylic acids is 2. The maximum Gasteiger partial charge on any atom is 0.239 e. The van der Waals surface area contributed by atoms with Gasteiger partial charge in [-0.25, -0.2) is 0 Å². The summed E-state index contributed by atoms with van der Waals surface area (Å²) in [5.41, 5.74) is -0.213. The monoisotopic (exact) mass is 269 g/mol. The Balaban J connectivity index is 2.40. The summed E-state index contributed by atoms with van der Waals surface area (Å²) in [4.78, 5) is 25.7. The lowest BCUT2D eigenvalue weighted by Gasteiger charge is -2.32.